The molecule has 0 aliphatic rings. The van der Waals surface area contributed by atoms with Crippen LogP contribution in [0.3, 0.4) is 0 Å². The normalized spacial score (nSPS) is 12.0. The average molecular weight is 340 g/mol. The second-order valence-electron chi connectivity index (χ2n) is 4.59. The van der Waals surface area contributed by atoms with Gasteiger partial charge in [0.2, 0.25) is 5.91 Å². The van der Waals surface area contributed by atoms with Crippen LogP contribution in [-0.2, 0) is 10.5 Å². The number of hydrogen-bond donors (Lipinski definition) is 1. The smallest absolute Gasteiger partial charge is 0.237 e. The number of carbonyl (C=O) groups is 1. The van der Waals surface area contributed by atoms with E-state index in [4.69, 9.17) is 23.2 Å². The fraction of sp³-hybridized carbons (Fsp3) is 0.188. The van der Waals surface area contributed by atoms with Gasteiger partial charge in [-0.15, -0.1) is 11.8 Å². The van der Waals surface area contributed by atoms with Crippen molar-refractivity contribution in [3.8, 4) is 0 Å². The molecule has 2 nitrogen and oxygen atoms in total. The standard InChI is InChI=1S/C16H15Cl2NOS/c1-11(21-10-12-5-3-2-4-6-12)16(20)19-15-8-13(17)7-14(18)9-15/h2-9,11H,10H2,1H3,(H,19,20)/t11-/m0/s1. The van der Waals surface area contributed by atoms with E-state index in [9.17, 15) is 4.79 Å². The van der Waals surface area contributed by atoms with Crippen molar-refractivity contribution in [1.29, 1.82) is 0 Å². The fourth-order valence-electron chi connectivity index (χ4n) is 1.74. The van der Waals surface area contributed by atoms with Crippen molar-refractivity contribution in [2.45, 2.75) is 17.9 Å². The average Bonchev–Trinajstić information content (AvgIpc) is 2.44. The topological polar surface area (TPSA) is 29.1 Å². The molecular weight excluding hydrogens is 325 g/mol. The minimum atomic E-state index is -0.164. The zero-order valence-electron chi connectivity index (χ0n) is 11.5. The van der Waals surface area contributed by atoms with Crippen LogP contribution < -0.4 is 5.32 Å². The third-order valence-electron chi connectivity index (χ3n) is 2.84. The summed E-state index contributed by atoms with van der Waals surface area (Å²) < 4.78 is 0. The SMILES string of the molecule is C[C@H](SCc1ccccc1)C(=O)Nc1cc(Cl)cc(Cl)c1. The fourth-order valence-corrected chi connectivity index (χ4v) is 3.11. The summed E-state index contributed by atoms with van der Waals surface area (Å²) in [4.78, 5) is 12.1. The molecule has 2 aromatic carbocycles. The first-order valence-electron chi connectivity index (χ1n) is 6.47. The van der Waals surface area contributed by atoms with Gasteiger partial charge < -0.3 is 5.32 Å². The van der Waals surface area contributed by atoms with Crippen molar-refractivity contribution in [2.75, 3.05) is 5.32 Å². The summed E-state index contributed by atoms with van der Waals surface area (Å²) in [5.41, 5.74) is 1.82. The minimum absolute atomic E-state index is 0.0609. The Balaban J connectivity index is 1.90. The van der Waals surface area contributed by atoms with Crippen LogP contribution in [0.25, 0.3) is 0 Å². The molecule has 2 aromatic rings. The second kappa shape index (κ2) is 7.74. The first-order valence-corrected chi connectivity index (χ1v) is 8.27. The summed E-state index contributed by atoms with van der Waals surface area (Å²) >= 11 is 13.4. The monoisotopic (exact) mass is 339 g/mol. The molecule has 1 amide bonds. The molecule has 0 spiro atoms. The zero-order chi connectivity index (χ0) is 15.2. The summed E-state index contributed by atoms with van der Waals surface area (Å²) in [5.74, 6) is 0.736. The van der Waals surface area contributed by atoms with Gasteiger partial charge in [-0.2, -0.15) is 0 Å². The minimum Gasteiger partial charge on any atom is -0.325 e. The molecule has 2 rings (SSSR count). The van der Waals surface area contributed by atoms with E-state index in [1.165, 1.54) is 5.56 Å². The molecule has 21 heavy (non-hydrogen) atoms. The van der Waals surface area contributed by atoms with Gasteiger partial charge in [-0.25, -0.2) is 0 Å². The van der Waals surface area contributed by atoms with Gasteiger partial charge in [0.1, 0.15) is 0 Å². The molecular formula is C16H15Cl2NOS. The maximum Gasteiger partial charge on any atom is 0.237 e. The van der Waals surface area contributed by atoms with Crippen molar-refractivity contribution in [3.63, 3.8) is 0 Å². The van der Waals surface area contributed by atoms with E-state index in [-0.39, 0.29) is 11.2 Å². The summed E-state index contributed by atoms with van der Waals surface area (Å²) in [6.07, 6.45) is 0. The predicted molar refractivity (Wildman–Crippen MR) is 92.3 cm³/mol. The van der Waals surface area contributed by atoms with E-state index in [0.29, 0.717) is 15.7 Å². The molecule has 0 aliphatic heterocycles. The van der Waals surface area contributed by atoms with Gasteiger partial charge >= 0.3 is 0 Å². The molecule has 1 N–H and O–H groups in total. The summed E-state index contributed by atoms with van der Waals surface area (Å²) in [5, 5.41) is 3.67. The quantitative estimate of drug-likeness (QED) is 0.805. The highest BCUT2D eigenvalue weighted by atomic mass is 35.5. The number of anilines is 1. The second-order valence-corrected chi connectivity index (χ2v) is 6.79. The lowest BCUT2D eigenvalue weighted by Crippen LogP contribution is -2.22. The number of amides is 1. The number of halogens is 2. The Morgan fingerprint density at radius 3 is 2.38 bits per heavy atom. The van der Waals surface area contributed by atoms with Gasteiger partial charge in [0.25, 0.3) is 0 Å². The Labute approximate surface area is 138 Å². The van der Waals surface area contributed by atoms with Gasteiger partial charge in [-0.05, 0) is 30.7 Å². The third kappa shape index (κ3) is 5.27. The third-order valence-corrected chi connectivity index (χ3v) is 4.49. The lowest BCUT2D eigenvalue weighted by atomic mass is 10.2. The maximum absolute atomic E-state index is 12.1. The van der Waals surface area contributed by atoms with Crippen molar-refractivity contribution in [1.82, 2.24) is 0 Å². The molecule has 0 radical (unpaired) electrons. The van der Waals surface area contributed by atoms with Crippen LogP contribution >= 0.6 is 35.0 Å². The molecule has 0 heterocycles. The van der Waals surface area contributed by atoms with E-state index >= 15 is 0 Å². The first-order chi connectivity index (χ1) is 10.0. The van der Waals surface area contributed by atoms with Crippen LogP contribution in [0.2, 0.25) is 10.0 Å². The van der Waals surface area contributed by atoms with Crippen LogP contribution in [0.1, 0.15) is 12.5 Å². The molecule has 5 heteroatoms. The summed E-state index contributed by atoms with van der Waals surface area (Å²) in [6.45, 7) is 1.88. The van der Waals surface area contributed by atoms with Gasteiger partial charge in [0.15, 0.2) is 0 Å². The maximum atomic E-state index is 12.1. The molecule has 0 fully saturated rings. The Hall–Kier alpha value is -1.16. The Morgan fingerprint density at radius 2 is 1.76 bits per heavy atom. The van der Waals surface area contributed by atoms with E-state index < -0.39 is 0 Å². The Kier molecular flexibility index (Phi) is 5.97. The first kappa shape index (κ1) is 16.2. The number of rotatable bonds is 5. The highest BCUT2D eigenvalue weighted by Gasteiger charge is 2.14. The van der Waals surface area contributed by atoms with E-state index in [1.54, 1.807) is 30.0 Å². The Bertz CT molecular complexity index is 599. The van der Waals surface area contributed by atoms with E-state index in [1.807, 2.05) is 37.3 Å². The largest absolute Gasteiger partial charge is 0.325 e. The van der Waals surface area contributed by atoms with Crippen molar-refractivity contribution >= 4 is 46.6 Å². The van der Waals surface area contributed by atoms with Crippen LogP contribution in [0.4, 0.5) is 5.69 Å². The molecule has 0 aromatic heterocycles. The van der Waals surface area contributed by atoms with Gasteiger partial charge in [-0.3, -0.25) is 4.79 Å². The van der Waals surface area contributed by atoms with Gasteiger partial charge in [0, 0.05) is 21.5 Å². The molecule has 0 bridgehead atoms. The van der Waals surface area contributed by atoms with Crippen LogP contribution in [0.15, 0.2) is 48.5 Å². The number of nitrogens with one attached hydrogen (secondary N) is 1. The number of hydrogen-bond acceptors (Lipinski definition) is 2. The van der Waals surface area contributed by atoms with Crippen LogP contribution in [0, 0.1) is 0 Å². The van der Waals surface area contributed by atoms with Crippen molar-refractivity contribution in [2.24, 2.45) is 0 Å². The lowest BCUT2D eigenvalue weighted by Gasteiger charge is -2.12. The Morgan fingerprint density at radius 1 is 1.14 bits per heavy atom. The van der Waals surface area contributed by atoms with Crippen LogP contribution in [0.5, 0.6) is 0 Å². The molecule has 0 saturated carbocycles. The highest BCUT2D eigenvalue weighted by Crippen LogP contribution is 2.24. The van der Waals surface area contributed by atoms with E-state index in [0.717, 1.165) is 5.75 Å². The number of benzene rings is 2. The van der Waals surface area contributed by atoms with Gasteiger partial charge in [-0.1, -0.05) is 53.5 Å². The molecule has 0 aliphatic carbocycles. The van der Waals surface area contributed by atoms with Gasteiger partial charge in [0.05, 0.1) is 5.25 Å². The lowest BCUT2D eigenvalue weighted by molar-refractivity contribution is -0.115. The zero-order valence-corrected chi connectivity index (χ0v) is 13.8. The van der Waals surface area contributed by atoms with Crippen molar-refractivity contribution in [3.05, 3.63) is 64.1 Å². The summed E-state index contributed by atoms with van der Waals surface area (Å²) in [7, 11) is 0. The molecule has 1 atom stereocenters. The molecule has 110 valence electrons. The summed E-state index contributed by atoms with van der Waals surface area (Å²) in [6, 6.07) is 15.1. The highest BCUT2D eigenvalue weighted by molar-refractivity contribution is 7.99. The van der Waals surface area contributed by atoms with Crippen molar-refractivity contribution < 1.29 is 4.79 Å². The number of carbonyl (C=O) groups excluding carboxylic acids is 1. The predicted octanol–water partition coefficient (Wildman–Crippen LogP) is 5.25. The van der Waals surface area contributed by atoms with Crippen LogP contribution in [-0.4, -0.2) is 11.2 Å². The number of thioether (sulfide) groups is 1. The molecule has 0 saturated heterocycles. The molecule has 0 unspecified atom stereocenters. The van der Waals surface area contributed by atoms with E-state index in [2.05, 4.69) is 5.32 Å².